The minimum Gasteiger partial charge on any atom is -0.462 e. The molecule has 0 bridgehead atoms. The van der Waals surface area contributed by atoms with E-state index >= 15 is 0 Å². The number of nitrogens with zero attached hydrogens (tertiary/aromatic N) is 3. The van der Waals surface area contributed by atoms with Crippen molar-refractivity contribution in [1.82, 2.24) is 4.90 Å². The Morgan fingerprint density at radius 3 is 2.86 bits per heavy atom. The summed E-state index contributed by atoms with van der Waals surface area (Å²) >= 11 is 0. The van der Waals surface area contributed by atoms with Gasteiger partial charge in [-0.3, -0.25) is 4.90 Å². The van der Waals surface area contributed by atoms with Crippen LogP contribution in [0.4, 0.5) is 0 Å². The molecule has 1 fully saturated rings. The van der Waals surface area contributed by atoms with Crippen molar-refractivity contribution in [2.75, 3.05) is 13.1 Å². The average Bonchev–Trinajstić information content (AvgIpc) is 2.71. The van der Waals surface area contributed by atoms with Crippen LogP contribution in [-0.2, 0) is 4.74 Å². The third kappa shape index (κ3) is 3.17. The SMILES string of the molecule is CC1=CC(=C(C#N)C#N)C=C(C=CC2=CC=CC34CCCCN3CCC=C24)O1. The van der Waals surface area contributed by atoms with Gasteiger partial charge in [-0.15, -0.1) is 0 Å². The second-order valence-electron chi connectivity index (χ2n) is 7.55. The van der Waals surface area contributed by atoms with Gasteiger partial charge in [0.05, 0.1) is 5.54 Å². The maximum Gasteiger partial charge on any atom is 0.137 e. The van der Waals surface area contributed by atoms with Gasteiger partial charge in [-0.05, 0) is 68.5 Å². The molecule has 0 amide bonds. The molecule has 0 saturated carbocycles. The van der Waals surface area contributed by atoms with E-state index in [-0.39, 0.29) is 11.1 Å². The predicted molar refractivity (Wildman–Crippen MR) is 108 cm³/mol. The summed E-state index contributed by atoms with van der Waals surface area (Å²) in [7, 11) is 0. The molecule has 1 unspecified atom stereocenters. The lowest BCUT2D eigenvalue weighted by atomic mass is 9.72. The van der Waals surface area contributed by atoms with E-state index in [9.17, 15) is 0 Å². The maximum absolute atomic E-state index is 9.15. The monoisotopic (exact) mass is 369 g/mol. The first-order chi connectivity index (χ1) is 13.7. The van der Waals surface area contributed by atoms with E-state index in [0.717, 1.165) is 19.5 Å². The molecular weight excluding hydrogens is 346 g/mol. The van der Waals surface area contributed by atoms with Crippen molar-refractivity contribution < 1.29 is 4.74 Å². The van der Waals surface area contributed by atoms with Gasteiger partial charge in [0.15, 0.2) is 0 Å². The van der Waals surface area contributed by atoms with Crippen molar-refractivity contribution in [2.45, 2.75) is 38.1 Å². The van der Waals surface area contributed by atoms with E-state index in [2.05, 4.69) is 35.3 Å². The smallest absolute Gasteiger partial charge is 0.137 e. The van der Waals surface area contributed by atoms with Crippen molar-refractivity contribution in [3.05, 3.63) is 82.4 Å². The van der Waals surface area contributed by atoms with Crippen LogP contribution in [0.2, 0.25) is 0 Å². The van der Waals surface area contributed by atoms with Crippen LogP contribution >= 0.6 is 0 Å². The summed E-state index contributed by atoms with van der Waals surface area (Å²) in [6.45, 7) is 4.12. The van der Waals surface area contributed by atoms with E-state index in [4.69, 9.17) is 15.3 Å². The summed E-state index contributed by atoms with van der Waals surface area (Å²) in [6, 6.07) is 3.90. The van der Waals surface area contributed by atoms with Crippen LogP contribution in [0.1, 0.15) is 32.6 Å². The molecule has 1 atom stereocenters. The topological polar surface area (TPSA) is 60.0 Å². The highest BCUT2D eigenvalue weighted by atomic mass is 16.5. The molecule has 140 valence electrons. The molecule has 4 aliphatic rings. The van der Waals surface area contributed by atoms with Gasteiger partial charge in [0.1, 0.15) is 29.2 Å². The van der Waals surface area contributed by atoms with E-state index in [1.807, 2.05) is 25.1 Å². The predicted octanol–water partition coefficient (Wildman–Crippen LogP) is 4.76. The summed E-state index contributed by atoms with van der Waals surface area (Å²) in [4.78, 5) is 2.62. The van der Waals surface area contributed by atoms with Crippen molar-refractivity contribution in [3.8, 4) is 12.1 Å². The molecule has 0 aromatic carbocycles. The Morgan fingerprint density at radius 2 is 2.04 bits per heavy atom. The molecule has 4 nitrogen and oxygen atoms in total. The lowest BCUT2D eigenvalue weighted by Gasteiger charge is -2.50. The van der Waals surface area contributed by atoms with Crippen LogP contribution in [0.25, 0.3) is 0 Å². The Morgan fingerprint density at radius 1 is 1.18 bits per heavy atom. The fraction of sp³-hybridized carbons (Fsp3) is 0.333. The van der Waals surface area contributed by atoms with Gasteiger partial charge in [0, 0.05) is 12.1 Å². The summed E-state index contributed by atoms with van der Waals surface area (Å²) in [6.07, 6.45) is 21.4. The number of allylic oxidation sites excluding steroid dienone is 9. The van der Waals surface area contributed by atoms with Gasteiger partial charge in [0.2, 0.25) is 0 Å². The Kier molecular flexibility index (Phi) is 4.90. The highest BCUT2D eigenvalue weighted by molar-refractivity contribution is 5.57. The average molecular weight is 369 g/mol. The number of hydrogen-bond acceptors (Lipinski definition) is 4. The molecule has 4 heteroatoms. The van der Waals surface area contributed by atoms with Crippen molar-refractivity contribution in [2.24, 2.45) is 0 Å². The largest absolute Gasteiger partial charge is 0.462 e. The van der Waals surface area contributed by atoms with Gasteiger partial charge in [-0.2, -0.15) is 10.5 Å². The second kappa shape index (κ2) is 7.50. The first-order valence-electron chi connectivity index (χ1n) is 9.82. The van der Waals surface area contributed by atoms with Crippen molar-refractivity contribution in [1.29, 1.82) is 10.5 Å². The maximum atomic E-state index is 9.15. The Bertz CT molecular complexity index is 972. The number of hydrogen-bond donors (Lipinski definition) is 0. The molecule has 3 aliphatic heterocycles. The summed E-state index contributed by atoms with van der Waals surface area (Å²) in [5, 5.41) is 18.3. The summed E-state index contributed by atoms with van der Waals surface area (Å²) in [5.74, 6) is 1.31. The molecular formula is C24H23N3O. The quantitative estimate of drug-likeness (QED) is 0.659. The molecule has 0 aromatic rings. The summed E-state index contributed by atoms with van der Waals surface area (Å²) in [5.41, 5.74) is 3.34. The number of ether oxygens (including phenoxy) is 1. The normalized spacial score (nSPS) is 26.6. The van der Waals surface area contributed by atoms with E-state index in [1.165, 1.54) is 30.4 Å². The van der Waals surface area contributed by atoms with Crippen LogP contribution in [0, 0.1) is 22.7 Å². The molecule has 0 aromatic heterocycles. The zero-order chi connectivity index (χ0) is 19.6. The van der Waals surface area contributed by atoms with Crippen LogP contribution in [0.5, 0.6) is 0 Å². The standard InChI is InChI=1S/C24H23N3O/c1-18-14-20(21(16-25)17-26)15-22(28-18)9-8-19-6-4-11-24-10-2-3-12-27(24)13-5-7-23(19)24/h4,6-9,11,14-15H,2-3,5,10,12-13H2,1H3. The van der Waals surface area contributed by atoms with E-state index in [0.29, 0.717) is 17.1 Å². The van der Waals surface area contributed by atoms with Gasteiger partial charge in [-0.25, -0.2) is 0 Å². The number of nitriles is 2. The molecule has 4 rings (SSSR count). The summed E-state index contributed by atoms with van der Waals surface area (Å²) < 4.78 is 5.80. The Balaban J connectivity index is 1.64. The first kappa shape index (κ1) is 18.3. The lowest BCUT2D eigenvalue weighted by molar-refractivity contribution is 0.109. The Labute approximate surface area is 166 Å². The first-order valence-corrected chi connectivity index (χ1v) is 9.82. The highest BCUT2D eigenvalue weighted by Crippen LogP contribution is 2.44. The van der Waals surface area contributed by atoms with Gasteiger partial charge >= 0.3 is 0 Å². The number of piperidine rings is 1. The van der Waals surface area contributed by atoms with Crippen LogP contribution in [0.15, 0.2) is 82.4 Å². The third-order valence-electron chi connectivity index (χ3n) is 5.85. The van der Waals surface area contributed by atoms with Crippen molar-refractivity contribution in [3.63, 3.8) is 0 Å². The lowest BCUT2D eigenvalue weighted by Crippen LogP contribution is -2.54. The molecule has 1 saturated heterocycles. The highest BCUT2D eigenvalue weighted by Gasteiger charge is 2.42. The Hall–Kier alpha value is -3.08. The molecule has 0 N–H and O–H groups in total. The van der Waals surface area contributed by atoms with Gasteiger partial charge in [-0.1, -0.05) is 30.4 Å². The van der Waals surface area contributed by atoms with Crippen LogP contribution in [-0.4, -0.2) is 23.5 Å². The number of rotatable bonds is 2. The molecule has 28 heavy (non-hydrogen) atoms. The minimum absolute atomic E-state index is 0.0440. The second-order valence-corrected chi connectivity index (χ2v) is 7.55. The fourth-order valence-corrected chi connectivity index (χ4v) is 4.62. The van der Waals surface area contributed by atoms with Crippen molar-refractivity contribution >= 4 is 0 Å². The van der Waals surface area contributed by atoms with Crippen LogP contribution in [0.3, 0.4) is 0 Å². The molecule has 1 aliphatic carbocycles. The molecule has 3 heterocycles. The van der Waals surface area contributed by atoms with Gasteiger partial charge in [0.25, 0.3) is 0 Å². The van der Waals surface area contributed by atoms with E-state index in [1.54, 1.807) is 12.2 Å². The fourth-order valence-electron chi connectivity index (χ4n) is 4.62. The zero-order valence-electron chi connectivity index (χ0n) is 16.1. The molecule has 0 radical (unpaired) electrons. The van der Waals surface area contributed by atoms with E-state index < -0.39 is 0 Å². The van der Waals surface area contributed by atoms with Gasteiger partial charge < -0.3 is 4.74 Å². The zero-order valence-corrected chi connectivity index (χ0v) is 16.1. The minimum atomic E-state index is 0.0440. The molecule has 1 spiro atoms. The third-order valence-corrected chi connectivity index (χ3v) is 5.85. The van der Waals surface area contributed by atoms with Crippen LogP contribution < -0.4 is 0 Å².